The lowest BCUT2D eigenvalue weighted by atomic mass is 9.88. The predicted molar refractivity (Wildman–Crippen MR) is 119 cm³/mol. The van der Waals surface area contributed by atoms with Gasteiger partial charge in [-0.3, -0.25) is 19.1 Å². The van der Waals surface area contributed by atoms with Gasteiger partial charge in [-0.25, -0.2) is 14.2 Å². The van der Waals surface area contributed by atoms with Gasteiger partial charge in [0.2, 0.25) is 0 Å². The summed E-state index contributed by atoms with van der Waals surface area (Å²) in [4.78, 5) is 45.0. The molecule has 0 bridgehead atoms. The first-order valence-electron chi connectivity index (χ1n) is 10.6. The van der Waals surface area contributed by atoms with Crippen molar-refractivity contribution in [1.82, 2.24) is 24.8 Å². The molecule has 3 heterocycles. The molecule has 0 spiro atoms. The minimum atomic E-state index is -0.634. The van der Waals surface area contributed by atoms with Gasteiger partial charge in [-0.1, -0.05) is 12.1 Å². The lowest BCUT2D eigenvalue weighted by Crippen LogP contribution is -2.34. The second-order valence-electron chi connectivity index (χ2n) is 8.26. The molecule has 1 aliphatic rings. The van der Waals surface area contributed by atoms with Gasteiger partial charge in [-0.05, 0) is 56.5 Å². The van der Waals surface area contributed by atoms with Crippen LogP contribution in [0.5, 0.6) is 0 Å². The van der Waals surface area contributed by atoms with E-state index in [4.69, 9.17) is 0 Å². The highest BCUT2D eigenvalue weighted by molar-refractivity contribution is 5.92. The fourth-order valence-electron chi connectivity index (χ4n) is 4.41. The number of fused-ring (bicyclic) bond motifs is 1. The van der Waals surface area contributed by atoms with Crippen LogP contribution in [0.2, 0.25) is 0 Å². The van der Waals surface area contributed by atoms with Gasteiger partial charge in [-0.15, -0.1) is 0 Å². The standard InChI is InChI=1S/C23H26FN5O3/c1-13-16(6-7-18(26-13)21(30)25-2)14-8-10-29(11-9-14)12-15-4-5-17-20(19(15)24)27-23(32)28(3)22(17)31/h4-7,14H,8-12H2,1-3H3,(H,25,30)(H,27,32). The summed E-state index contributed by atoms with van der Waals surface area (Å²) in [6.07, 6.45) is 1.79. The van der Waals surface area contributed by atoms with Crippen LogP contribution >= 0.6 is 0 Å². The Bertz CT molecular complexity index is 1310. The Hall–Kier alpha value is -3.33. The second-order valence-corrected chi connectivity index (χ2v) is 8.26. The number of H-pyrrole nitrogens is 1. The largest absolute Gasteiger partial charge is 0.354 e. The fraction of sp³-hybridized carbons (Fsp3) is 0.391. The summed E-state index contributed by atoms with van der Waals surface area (Å²) in [7, 11) is 2.94. The second kappa shape index (κ2) is 8.66. The number of benzene rings is 1. The van der Waals surface area contributed by atoms with Crippen LogP contribution in [0, 0.1) is 12.7 Å². The zero-order chi connectivity index (χ0) is 23.0. The Morgan fingerprint density at radius 1 is 1.22 bits per heavy atom. The molecule has 8 nitrogen and oxygen atoms in total. The zero-order valence-corrected chi connectivity index (χ0v) is 18.4. The highest BCUT2D eigenvalue weighted by Gasteiger charge is 2.24. The Balaban J connectivity index is 1.48. The van der Waals surface area contributed by atoms with E-state index in [9.17, 15) is 14.4 Å². The molecule has 2 N–H and O–H groups in total. The van der Waals surface area contributed by atoms with Crippen molar-refractivity contribution in [2.75, 3.05) is 20.1 Å². The normalized spacial score (nSPS) is 15.2. The van der Waals surface area contributed by atoms with E-state index in [-0.39, 0.29) is 16.8 Å². The summed E-state index contributed by atoms with van der Waals surface area (Å²) in [6, 6.07) is 6.92. The molecule has 2 aromatic heterocycles. The van der Waals surface area contributed by atoms with Crippen molar-refractivity contribution >= 4 is 16.8 Å². The smallest absolute Gasteiger partial charge is 0.328 e. The molecule has 0 radical (unpaired) electrons. The van der Waals surface area contributed by atoms with Crippen LogP contribution in [0.3, 0.4) is 0 Å². The van der Waals surface area contributed by atoms with E-state index in [1.54, 1.807) is 25.2 Å². The number of likely N-dealkylation sites (tertiary alicyclic amines) is 1. The average Bonchev–Trinajstić information content (AvgIpc) is 2.80. The van der Waals surface area contributed by atoms with E-state index in [2.05, 4.69) is 20.2 Å². The van der Waals surface area contributed by atoms with Crippen LogP contribution in [0.25, 0.3) is 10.9 Å². The SMILES string of the molecule is CNC(=O)c1ccc(C2CCN(Cc3ccc4c(=O)n(C)c(=O)[nH]c4c3F)CC2)c(C)n1. The molecule has 0 unspecified atom stereocenters. The van der Waals surface area contributed by atoms with Gasteiger partial charge in [0.25, 0.3) is 11.5 Å². The van der Waals surface area contributed by atoms with Crippen molar-refractivity contribution in [3.8, 4) is 0 Å². The summed E-state index contributed by atoms with van der Waals surface area (Å²) in [5, 5.41) is 2.75. The topological polar surface area (TPSA) is 100 Å². The predicted octanol–water partition coefficient (Wildman–Crippen LogP) is 1.81. The van der Waals surface area contributed by atoms with Crippen molar-refractivity contribution in [2.24, 2.45) is 7.05 Å². The number of aryl methyl sites for hydroxylation is 1. The number of carbonyl (C=O) groups excluding carboxylic acids is 1. The minimum absolute atomic E-state index is 0.0385. The van der Waals surface area contributed by atoms with E-state index >= 15 is 4.39 Å². The van der Waals surface area contributed by atoms with Gasteiger partial charge >= 0.3 is 5.69 Å². The average molecular weight is 439 g/mol. The molecule has 1 aromatic carbocycles. The first-order chi connectivity index (χ1) is 15.3. The maximum absolute atomic E-state index is 15.1. The summed E-state index contributed by atoms with van der Waals surface area (Å²) in [5.41, 5.74) is 1.67. The minimum Gasteiger partial charge on any atom is -0.354 e. The molecule has 0 aliphatic carbocycles. The molecular weight excluding hydrogens is 413 g/mol. The number of nitrogens with zero attached hydrogens (tertiary/aromatic N) is 3. The molecule has 3 aromatic rings. The summed E-state index contributed by atoms with van der Waals surface area (Å²) >= 11 is 0. The number of aromatic amines is 1. The maximum Gasteiger partial charge on any atom is 0.328 e. The van der Waals surface area contributed by atoms with E-state index < -0.39 is 17.1 Å². The molecule has 1 saturated heterocycles. The van der Waals surface area contributed by atoms with Crippen molar-refractivity contribution in [3.05, 3.63) is 73.4 Å². The van der Waals surface area contributed by atoms with Gasteiger partial charge < -0.3 is 10.3 Å². The quantitative estimate of drug-likeness (QED) is 0.646. The van der Waals surface area contributed by atoms with Crippen LogP contribution in [-0.4, -0.2) is 45.5 Å². The number of hydrogen-bond acceptors (Lipinski definition) is 5. The number of nitrogens with one attached hydrogen (secondary N) is 2. The molecular formula is C23H26FN5O3. The van der Waals surface area contributed by atoms with Crippen molar-refractivity contribution in [2.45, 2.75) is 32.2 Å². The van der Waals surface area contributed by atoms with Crippen molar-refractivity contribution in [1.29, 1.82) is 0 Å². The number of hydrogen-bond donors (Lipinski definition) is 2. The first kappa shape index (κ1) is 21.9. The number of carbonyl (C=O) groups is 1. The van der Waals surface area contributed by atoms with Crippen molar-refractivity contribution in [3.63, 3.8) is 0 Å². The number of halogens is 1. The Morgan fingerprint density at radius 2 is 1.94 bits per heavy atom. The molecule has 1 fully saturated rings. The third kappa shape index (κ3) is 3.95. The van der Waals surface area contributed by atoms with Crippen LogP contribution < -0.4 is 16.6 Å². The molecule has 1 amide bonds. The molecule has 0 saturated carbocycles. The van der Waals surface area contributed by atoms with Crippen LogP contribution in [0.1, 0.15) is 46.1 Å². The summed E-state index contributed by atoms with van der Waals surface area (Å²) < 4.78 is 16.0. The highest BCUT2D eigenvalue weighted by Crippen LogP contribution is 2.31. The Kier molecular flexibility index (Phi) is 5.92. The fourth-order valence-corrected chi connectivity index (χ4v) is 4.41. The number of pyridine rings is 1. The molecule has 0 atom stereocenters. The first-order valence-corrected chi connectivity index (χ1v) is 10.6. The molecule has 9 heteroatoms. The highest BCUT2D eigenvalue weighted by atomic mass is 19.1. The zero-order valence-electron chi connectivity index (χ0n) is 18.4. The third-order valence-corrected chi connectivity index (χ3v) is 6.30. The van der Waals surface area contributed by atoms with Crippen molar-refractivity contribution < 1.29 is 9.18 Å². The van der Waals surface area contributed by atoms with Gasteiger partial charge in [0.15, 0.2) is 5.82 Å². The van der Waals surface area contributed by atoms with Gasteiger partial charge in [0, 0.05) is 31.9 Å². The lowest BCUT2D eigenvalue weighted by Gasteiger charge is -2.32. The van der Waals surface area contributed by atoms with Gasteiger partial charge in [0.1, 0.15) is 5.69 Å². The molecule has 32 heavy (non-hydrogen) atoms. The number of aromatic nitrogens is 3. The Labute approximate surface area is 184 Å². The molecule has 1 aliphatic heterocycles. The van der Waals surface area contributed by atoms with Crippen LogP contribution in [-0.2, 0) is 13.6 Å². The number of rotatable bonds is 4. The van der Waals surface area contributed by atoms with E-state index in [0.717, 1.165) is 41.8 Å². The number of piperidine rings is 1. The van der Waals surface area contributed by atoms with Crippen LogP contribution in [0.15, 0.2) is 33.9 Å². The van der Waals surface area contributed by atoms with E-state index in [0.29, 0.717) is 23.7 Å². The molecule has 168 valence electrons. The van der Waals surface area contributed by atoms with Crippen LogP contribution in [0.4, 0.5) is 4.39 Å². The van der Waals surface area contributed by atoms with Gasteiger partial charge in [0.05, 0.1) is 10.9 Å². The third-order valence-electron chi connectivity index (χ3n) is 6.30. The summed E-state index contributed by atoms with van der Waals surface area (Å²) in [6.45, 7) is 3.89. The maximum atomic E-state index is 15.1. The van der Waals surface area contributed by atoms with E-state index in [1.165, 1.54) is 7.05 Å². The monoisotopic (exact) mass is 439 g/mol. The molecule has 4 rings (SSSR count). The van der Waals surface area contributed by atoms with E-state index in [1.807, 2.05) is 13.0 Å². The Morgan fingerprint density at radius 3 is 2.59 bits per heavy atom. The lowest BCUT2D eigenvalue weighted by molar-refractivity contribution is 0.0958. The van der Waals surface area contributed by atoms with Gasteiger partial charge in [-0.2, -0.15) is 0 Å². The number of amides is 1. The summed E-state index contributed by atoms with van der Waals surface area (Å²) in [5.74, 6) is -0.423.